The van der Waals surface area contributed by atoms with E-state index in [1.54, 1.807) is 7.11 Å². The van der Waals surface area contributed by atoms with E-state index in [9.17, 15) is 0 Å². The van der Waals surface area contributed by atoms with Crippen molar-refractivity contribution in [2.45, 2.75) is 78.9 Å². The van der Waals surface area contributed by atoms with Crippen molar-refractivity contribution in [2.75, 3.05) is 12.4 Å². The van der Waals surface area contributed by atoms with Gasteiger partial charge in [-0.3, -0.25) is 0 Å². The number of rotatable bonds is 11. The van der Waals surface area contributed by atoms with Crippen molar-refractivity contribution in [1.82, 2.24) is 9.97 Å². The predicted octanol–water partition coefficient (Wildman–Crippen LogP) is 6.54. The van der Waals surface area contributed by atoms with Gasteiger partial charge in [0.2, 0.25) is 5.88 Å². The average molecular weight is 420 g/mol. The molecule has 1 heterocycles. The lowest BCUT2D eigenvalue weighted by Gasteiger charge is -2.20. The van der Waals surface area contributed by atoms with Crippen LogP contribution in [0.15, 0.2) is 18.2 Å². The van der Waals surface area contributed by atoms with E-state index in [-0.39, 0.29) is 6.10 Å². The van der Waals surface area contributed by atoms with Gasteiger partial charge in [-0.1, -0.05) is 46.2 Å². The summed E-state index contributed by atoms with van der Waals surface area (Å²) >= 11 is 6.61. The summed E-state index contributed by atoms with van der Waals surface area (Å²) in [6, 6.07) is 6.07. The van der Waals surface area contributed by atoms with Crippen LogP contribution in [0.5, 0.6) is 11.6 Å². The topological polar surface area (TPSA) is 56.3 Å². The van der Waals surface area contributed by atoms with Crippen LogP contribution in [0.3, 0.4) is 0 Å². The summed E-state index contributed by atoms with van der Waals surface area (Å²) in [5.74, 6) is 2.01. The first-order chi connectivity index (χ1) is 14.0. The van der Waals surface area contributed by atoms with Gasteiger partial charge in [0, 0.05) is 11.6 Å². The molecule has 0 aliphatic heterocycles. The zero-order valence-corrected chi connectivity index (χ0v) is 19.3. The zero-order valence-electron chi connectivity index (χ0n) is 18.5. The number of nitrogens with zero attached hydrogens (tertiary/aromatic N) is 2. The summed E-state index contributed by atoms with van der Waals surface area (Å²) in [7, 11) is 1.61. The quantitative estimate of drug-likeness (QED) is 0.448. The predicted molar refractivity (Wildman–Crippen MR) is 121 cm³/mol. The highest BCUT2D eigenvalue weighted by atomic mass is 35.5. The van der Waals surface area contributed by atoms with E-state index in [0.717, 1.165) is 54.9 Å². The molecule has 0 bridgehead atoms. The Kier molecular flexibility index (Phi) is 9.02. The van der Waals surface area contributed by atoms with Crippen LogP contribution in [0, 0.1) is 0 Å². The van der Waals surface area contributed by atoms with Gasteiger partial charge in [-0.2, -0.15) is 4.98 Å². The second-order valence-corrected chi connectivity index (χ2v) is 7.49. The molecule has 0 amide bonds. The first-order valence-corrected chi connectivity index (χ1v) is 11.1. The summed E-state index contributed by atoms with van der Waals surface area (Å²) in [5.41, 5.74) is 2.34. The minimum absolute atomic E-state index is 0.188. The van der Waals surface area contributed by atoms with Gasteiger partial charge in [-0.25, -0.2) is 4.98 Å². The Morgan fingerprint density at radius 2 is 1.69 bits per heavy atom. The molecule has 29 heavy (non-hydrogen) atoms. The van der Waals surface area contributed by atoms with Crippen LogP contribution < -0.4 is 14.8 Å². The number of methoxy groups -OCH3 is 1. The van der Waals surface area contributed by atoms with E-state index in [0.29, 0.717) is 22.6 Å². The first kappa shape index (κ1) is 23.3. The maximum Gasteiger partial charge on any atom is 0.242 e. The Balaban J connectivity index is 2.43. The van der Waals surface area contributed by atoms with Gasteiger partial charge < -0.3 is 14.8 Å². The SMILES string of the molecule is CCc1nc(-c2ccc(OC(CC)CC)cc2Cl)c(OC)nc1NC(CC)CC. The standard InChI is InChI=1S/C23H34ClN3O2/c1-7-15(8-2)25-22-20(11-5)26-21(23(27-22)28-6)18-13-12-17(14-19(18)24)29-16(9-3)10-4/h12-16H,7-11H2,1-6H3,(H,25,27). The fraction of sp³-hybridized carbons (Fsp3) is 0.565. The van der Waals surface area contributed by atoms with Gasteiger partial charge in [0.05, 0.1) is 23.9 Å². The summed E-state index contributed by atoms with van der Waals surface area (Å²) in [5, 5.41) is 4.08. The van der Waals surface area contributed by atoms with E-state index in [1.807, 2.05) is 18.2 Å². The fourth-order valence-electron chi connectivity index (χ4n) is 3.23. The minimum Gasteiger partial charge on any atom is -0.490 e. The van der Waals surface area contributed by atoms with Gasteiger partial charge in [0.25, 0.3) is 0 Å². The van der Waals surface area contributed by atoms with Crippen molar-refractivity contribution in [3.63, 3.8) is 0 Å². The third-order valence-corrected chi connectivity index (χ3v) is 5.51. The fourth-order valence-corrected chi connectivity index (χ4v) is 3.49. The van der Waals surface area contributed by atoms with Crippen LogP contribution >= 0.6 is 11.6 Å². The highest BCUT2D eigenvalue weighted by molar-refractivity contribution is 6.33. The number of halogens is 1. The molecule has 0 radical (unpaired) electrons. The van der Waals surface area contributed by atoms with Crippen molar-refractivity contribution in [3.05, 3.63) is 28.9 Å². The number of aryl methyl sites for hydroxylation is 1. The summed E-state index contributed by atoms with van der Waals surface area (Å²) < 4.78 is 11.6. The van der Waals surface area contributed by atoms with Gasteiger partial charge >= 0.3 is 0 Å². The monoisotopic (exact) mass is 419 g/mol. The smallest absolute Gasteiger partial charge is 0.242 e. The lowest BCUT2D eigenvalue weighted by Crippen LogP contribution is -2.20. The van der Waals surface area contributed by atoms with E-state index in [1.165, 1.54) is 0 Å². The third-order valence-electron chi connectivity index (χ3n) is 5.20. The van der Waals surface area contributed by atoms with Crippen LogP contribution in [0.2, 0.25) is 5.02 Å². The Morgan fingerprint density at radius 1 is 1.00 bits per heavy atom. The third kappa shape index (κ3) is 5.75. The van der Waals surface area contributed by atoms with Crippen LogP contribution in [-0.2, 0) is 6.42 Å². The molecule has 2 aromatic rings. The number of aromatic nitrogens is 2. The van der Waals surface area contributed by atoms with Gasteiger partial charge in [0.1, 0.15) is 11.4 Å². The maximum absolute atomic E-state index is 6.61. The zero-order chi connectivity index (χ0) is 21.4. The number of benzene rings is 1. The Morgan fingerprint density at radius 3 is 2.21 bits per heavy atom. The molecule has 0 saturated heterocycles. The number of ether oxygens (including phenoxy) is 2. The maximum atomic E-state index is 6.61. The van der Waals surface area contributed by atoms with Crippen molar-refractivity contribution < 1.29 is 9.47 Å². The van der Waals surface area contributed by atoms with Gasteiger partial charge in [-0.05, 0) is 50.3 Å². The van der Waals surface area contributed by atoms with Crippen molar-refractivity contribution >= 4 is 17.4 Å². The lowest BCUT2D eigenvalue weighted by molar-refractivity contribution is 0.193. The van der Waals surface area contributed by atoms with E-state index >= 15 is 0 Å². The largest absolute Gasteiger partial charge is 0.490 e. The van der Waals surface area contributed by atoms with E-state index < -0.39 is 0 Å². The van der Waals surface area contributed by atoms with Crippen LogP contribution in [0.1, 0.15) is 66.0 Å². The summed E-state index contributed by atoms with van der Waals surface area (Å²) in [6.45, 7) is 10.6. The molecule has 0 unspecified atom stereocenters. The number of hydrogen-bond acceptors (Lipinski definition) is 5. The van der Waals surface area contributed by atoms with Crippen molar-refractivity contribution in [2.24, 2.45) is 0 Å². The highest BCUT2D eigenvalue weighted by Crippen LogP contribution is 2.36. The number of hydrogen-bond donors (Lipinski definition) is 1. The van der Waals surface area contributed by atoms with Crippen LogP contribution in [-0.4, -0.2) is 29.2 Å². The minimum atomic E-state index is 0.188. The van der Waals surface area contributed by atoms with Crippen LogP contribution in [0.4, 0.5) is 5.82 Å². The molecular formula is C23H34ClN3O2. The van der Waals surface area contributed by atoms with Gasteiger partial charge in [0.15, 0.2) is 5.82 Å². The van der Waals surface area contributed by atoms with Crippen molar-refractivity contribution in [3.8, 4) is 22.9 Å². The molecule has 0 aliphatic rings. The normalized spacial score (nSPS) is 11.2. The van der Waals surface area contributed by atoms with E-state index in [4.69, 9.17) is 31.0 Å². The highest BCUT2D eigenvalue weighted by Gasteiger charge is 2.19. The molecular weight excluding hydrogens is 386 g/mol. The molecule has 0 fully saturated rings. The summed E-state index contributed by atoms with van der Waals surface area (Å²) in [6.07, 6.45) is 4.91. The Hall–Kier alpha value is -2.01. The second-order valence-electron chi connectivity index (χ2n) is 7.09. The van der Waals surface area contributed by atoms with Crippen LogP contribution in [0.25, 0.3) is 11.3 Å². The molecule has 1 aromatic heterocycles. The molecule has 5 nitrogen and oxygen atoms in total. The molecule has 0 aliphatic carbocycles. The molecule has 2 rings (SSSR count). The average Bonchev–Trinajstić information content (AvgIpc) is 2.75. The Bertz CT molecular complexity index is 790. The lowest BCUT2D eigenvalue weighted by atomic mass is 10.1. The van der Waals surface area contributed by atoms with Gasteiger partial charge in [-0.15, -0.1) is 0 Å². The second kappa shape index (κ2) is 11.2. The molecule has 1 aromatic carbocycles. The molecule has 0 atom stereocenters. The van der Waals surface area contributed by atoms with E-state index in [2.05, 4.69) is 39.9 Å². The summed E-state index contributed by atoms with van der Waals surface area (Å²) in [4.78, 5) is 9.59. The van der Waals surface area contributed by atoms with Crippen molar-refractivity contribution in [1.29, 1.82) is 0 Å². The number of anilines is 1. The molecule has 0 spiro atoms. The molecule has 6 heteroatoms. The molecule has 160 valence electrons. The molecule has 0 saturated carbocycles. The molecule has 1 N–H and O–H groups in total. The first-order valence-electron chi connectivity index (χ1n) is 10.7. The Labute approximate surface area is 180 Å². The number of nitrogens with one attached hydrogen (secondary N) is 1.